The fourth-order valence-electron chi connectivity index (χ4n) is 3.85. The quantitative estimate of drug-likeness (QED) is 0.927. The van der Waals surface area contributed by atoms with E-state index in [0.717, 1.165) is 25.9 Å². The standard InChI is InChI=1S/C19H28N2O/c1-14(2)18(12-15-6-4-3-5-7-15)19(22)21-11-10-16-8-9-17(13-21)20-16/h3-7,14,16-18,20H,8-13H2,1-2H3. The monoisotopic (exact) mass is 300 g/mol. The van der Waals surface area contributed by atoms with Gasteiger partial charge in [-0.05, 0) is 37.2 Å². The third-order valence-electron chi connectivity index (χ3n) is 5.26. The molecule has 2 heterocycles. The summed E-state index contributed by atoms with van der Waals surface area (Å²) in [6, 6.07) is 11.6. The highest BCUT2D eigenvalue weighted by molar-refractivity contribution is 5.79. The van der Waals surface area contributed by atoms with Gasteiger partial charge in [0, 0.05) is 31.1 Å². The zero-order valence-corrected chi connectivity index (χ0v) is 13.8. The molecule has 2 bridgehead atoms. The largest absolute Gasteiger partial charge is 0.341 e. The van der Waals surface area contributed by atoms with E-state index in [0.29, 0.717) is 23.9 Å². The van der Waals surface area contributed by atoms with Crippen LogP contribution in [0.5, 0.6) is 0 Å². The first-order valence-corrected chi connectivity index (χ1v) is 8.72. The molecule has 2 aliphatic heterocycles. The lowest BCUT2D eigenvalue weighted by atomic mass is 9.87. The number of benzene rings is 1. The molecule has 3 nitrogen and oxygen atoms in total. The Bertz CT molecular complexity index is 499. The summed E-state index contributed by atoms with van der Waals surface area (Å²) in [5.41, 5.74) is 1.27. The number of likely N-dealkylation sites (tertiary alicyclic amines) is 1. The number of hydrogen-bond acceptors (Lipinski definition) is 2. The maximum atomic E-state index is 13.1. The molecule has 0 saturated carbocycles. The van der Waals surface area contributed by atoms with Gasteiger partial charge in [0.05, 0.1) is 0 Å². The van der Waals surface area contributed by atoms with Gasteiger partial charge < -0.3 is 10.2 Å². The summed E-state index contributed by atoms with van der Waals surface area (Å²) < 4.78 is 0. The van der Waals surface area contributed by atoms with Crippen molar-refractivity contribution in [3.63, 3.8) is 0 Å². The van der Waals surface area contributed by atoms with Crippen LogP contribution in [0, 0.1) is 11.8 Å². The molecule has 22 heavy (non-hydrogen) atoms. The van der Waals surface area contributed by atoms with Crippen molar-refractivity contribution >= 4 is 5.91 Å². The van der Waals surface area contributed by atoms with Crippen LogP contribution in [-0.2, 0) is 11.2 Å². The Hall–Kier alpha value is -1.35. The summed E-state index contributed by atoms with van der Waals surface area (Å²) in [5, 5.41) is 3.66. The lowest BCUT2D eigenvalue weighted by Gasteiger charge is -2.30. The van der Waals surface area contributed by atoms with Crippen LogP contribution in [0.15, 0.2) is 30.3 Å². The molecule has 3 heteroatoms. The first-order chi connectivity index (χ1) is 10.6. The van der Waals surface area contributed by atoms with Crippen molar-refractivity contribution in [3.05, 3.63) is 35.9 Å². The zero-order chi connectivity index (χ0) is 15.5. The van der Waals surface area contributed by atoms with Gasteiger partial charge in [0.2, 0.25) is 5.91 Å². The van der Waals surface area contributed by atoms with Gasteiger partial charge >= 0.3 is 0 Å². The van der Waals surface area contributed by atoms with E-state index < -0.39 is 0 Å². The van der Waals surface area contributed by atoms with E-state index in [1.54, 1.807) is 0 Å². The highest BCUT2D eigenvalue weighted by Crippen LogP contribution is 2.25. The number of nitrogens with one attached hydrogen (secondary N) is 1. The van der Waals surface area contributed by atoms with Gasteiger partial charge in [-0.25, -0.2) is 0 Å². The van der Waals surface area contributed by atoms with Gasteiger partial charge in [-0.3, -0.25) is 4.79 Å². The van der Waals surface area contributed by atoms with Gasteiger partial charge in [-0.1, -0.05) is 44.2 Å². The molecule has 0 radical (unpaired) electrons. The van der Waals surface area contributed by atoms with Gasteiger partial charge in [0.1, 0.15) is 0 Å². The fraction of sp³-hybridized carbons (Fsp3) is 0.632. The molecule has 1 N–H and O–H groups in total. The van der Waals surface area contributed by atoms with Crippen LogP contribution in [0.2, 0.25) is 0 Å². The van der Waals surface area contributed by atoms with E-state index in [1.807, 2.05) is 6.07 Å². The lowest BCUT2D eigenvalue weighted by molar-refractivity contribution is -0.137. The molecule has 2 fully saturated rings. The minimum absolute atomic E-state index is 0.0963. The topological polar surface area (TPSA) is 32.3 Å². The zero-order valence-electron chi connectivity index (χ0n) is 13.8. The first kappa shape index (κ1) is 15.5. The second kappa shape index (κ2) is 6.82. The third-order valence-corrected chi connectivity index (χ3v) is 5.26. The summed E-state index contributed by atoms with van der Waals surface area (Å²) >= 11 is 0. The Morgan fingerprint density at radius 2 is 1.91 bits per heavy atom. The number of fused-ring (bicyclic) bond motifs is 2. The Kier molecular flexibility index (Phi) is 4.82. The number of rotatable bonds is 4. The molecule has 3 rings (SSSR count). The molecule has 3 atom stereocenters. The molecule has 3 unspecified atom stereocenters. The van der Waals surface area contributed by atoms with Crippen LogP contribution < -0.4 is 5.32 Å². The minimum Gasteiger partial charge on any atom is -0.341 e. The second-order valence-corrected chi connectivity index (χ2v) is 7.25. The molecule has 0 spiro atoms. The molecule has 2 aliphatic rings. The van der Waals surface area contributed by atoms with Crippen molar-refractivity contribution in [1.29, 1.82) is 0 Å². The molecule has 2 saturated heterocycles. The van der Waals surface area contributed by atoms with E-state index >= 15 is 0 Å². The maximum absolute atomic E-state index is 13.1. The molecule has 1 aromatic carbocycles. The lowest BCUT2D eigenvalue weighted by Crippen LogP contribution is -2.43. The average molecular weight is 300 g/mol. The van der Waals surface area contributed by atoms with Crippen molar-refractivity contribution in [2.45, 2.75) is 51.6 Å². The van der Waals surface area contributed by atoms with Crippen molar-refractivity contribution in [2.24, 2.45) is 11.8 Å². The number of carbonyl (C=O) groups excluding carboxylic acids is 1. The average Bonchev–Trinajstić information content (AvgIpc) is 2.84. The van der Waals surface area contributed by atoms with Crippen molar-refractivity contribution in [2.75, 3.05) is 13.1 Å². The van der Waals surface area contributed by atoms with Gasteiger partial charge in [0.15, 0.2) is 0 Å². The van der Waals surface area contributed by atoms with E-state index in [1.165, 1.54) is 18.4 Å². The molecular weight excluding hydrogens is 272 g/mol. The van der Waals surface area contributed by atoms with Crippen LogP contribution in [0.1, 0.15) is 38.7 Å². The number of amides is 1. The Labute approximate surface area is 134 Å². The Morgan fingerprint density at radius 1 is 1.18 bits per heavy atom. The molecule has 120 valence electrons. The summed E-state index contributed by atoms with van der Waals surface area (Å²) in [4.78, 5) is 15.2. The van der Waals surface area contributed by atoms with Crippen LogP contribution in [0.3, 0.4) is 0 Å². The van der Waals surface area contributed by atoms with Crippen molar-refractivity contribution in [1.82, 2.24) is 10.2 Å². The SMILES string of the molecule is CC(C)C(Cc1ccccc1)C(=O)N1CCC2CCC(C1)N2. The van der Waals surface area contributed by atoms with Gasteiger partial charge in [-0.2, -0.15) is 0 Å². The Morgan fingerprint density at radius 3 is 2.64 bits per heavy atom. The predicted octanol–water partition coefficient (Wildman–Crippen LogP) is 2.85. The van der Waals surface area contributed by atoms with E-state index in [-0.39, 0.29) is 5.92 Å². The summed E-state index contributed by atoms with van der Waals surface area (Å²) in [6.07, 6.45) is 4.47. The normalized spacial score (nSPS) is 26.0. The molecule has 0 aromatic heterocycles. The van der Waals surface area contributed by atoms with Crippen molar-refractivity contribution < 1.29 is 4.79 Å². The highest BCUT2D eigenvalue weighted by atomic mass is 16.2. The third kappa shape index (κ3) is 3.52. The Balaban J connectivity index is 1.69. The van der Waals surface area contributed by atoms with E-state index in [2.05, 4.69) is 48.3 Å². The van der Waals surface area contributed by atoms with Crippen LogP contribution in [0.25, 0.3) is 0 Å². The van der Waals surface area contributed by atoms with E-state index in [9.17, 15) is 4.79 Å². The predicted molar refractivity (Wildman–Crippen MR) is 89.6 cm³/mol. The van der Waals surface area contributed by atoms with Gasteiger partial charge in [0.25, 0.3) is 0 Å². The minimum atomic E-state index is 0.0963. The highest BCUT2D eigenvalue weighted by Gasteiger charge is 2.34. The van der Waals surface area contributed by atoms with Gasteiger partial charge in [-0.15, -0.1) is 0 Å². The maximum Gasteiger partial charge on any atom is 0.226 e. The summed E-state index contributed by atoms with van der Waals surface area (Å²) in [7, 11) is 0. The first-order valence-electron chi connectivity index (χ1n) is 8.72. The fourth-order valence-corrected chi connectivity index (χ4v) is 3.85. The number of carbonyl (C=O) groups is 1. The molecule has 1 amide bonds. The molecular formula is C19H28N2O. The van der Waals surface area contributed by atoms with Crippen LogP contribution >= 0.6 is 0 Å². The molecule has 1 aromatic rings. The van der Waals surface area contributed by atoms with E-state index in [4.69, 9.17) is 0 Å². The number of hydrogen-bond donors (Lipinski definition) is 1. The number of nitrogens with zero attached hydrogens (tertiary/aromatic N) is 1. The summed E-state index contributed by atoms with van der Waals surface area (Å²) in [5.74, 6) is 0.827. The van der Waals surface area contributed by atoms with Crippen molar-refractivity contribution in [3.8, 4) is 0 Å². The van der Waals surface area contributed by atoms with Crippen LogP contribution in [-0.4, -0.2) is 36.0 Å². The second-order valence-electron chi connectivity index (χ2n) is 7.25. The smallest absolute Gasteiger partial charge is 0.226 e. The molecule has 0 aliphatic carbocycles. The van der Waals surface area contributed by atoms with Crippen LogP contribution in [0.4, 0.5) is 0 Å². The summed E-state index contributed by atoms with van der Waals surface area (Å²) in [6.45, 7) is 6.17.